The number of halogens is 1. The molecule has 1 aliphatic heterocycles. The van der Waals surface area contributed by atoms with E-state index in [2.05, 4.69) is 10.2 Å². The summed E-state index contributed by atoms with van der Waals surface area (Å²) in [5.41, 5.74) is 6.61. The molecule has 0 aliphatic carbocycles. The van der Waals surface area contributed by atoms with Crippen molar-refractivity contribution in [2.24, 2.45) is 0 Å². The van der Waals surface area contributed by atoms with Crippen LogP contribution in [-0.2, 0) is 9.53 Å². The lowest BCUT2D eigenvalue weighted by molar-refractivity contribution is -0.122. The molecule has 0 atom stereocenters. The van der Waals surface area contributed by atoms with Crippen LogP contribution in [0.3, 0.4) is 0 Å². The van der Waals surface area contributed by atoms with Gasteiger partial charge in [-0.05, 0) is 32.0 Å². The molecule has 1 saturated heterocycles. The van der Waals surface area contributed by atoms with Crippen LogP contribution in [0.25, 0.3) is 0 Å². The van der Waals surface area contributed by atoms with Gasteiger partial charge < -0.3 is 15.8 Å². The monoisotopic (exact) mass is 297 g/mol. The molecule has 2 rings (SSSR count). The summed E-state index contributed by atoms with van der Waals surface area (Å²) in [7, 11) is 0. The predicted molar refractivity (Wildman–Crippen MR) is 81.0 cm³/mol. The molecule has 1 aliphatic rings. The summed E-state index contributed by atoms with van der Waals surface area (Å²) in [6.45, 7) is 6.54. The second-order valence-corrected chi connectivity index (χ2v) is 6.01. The first-order valence-electron chi connectivity index (χ1n) is 6.57. The number of nitrogen functional groups attached to an aromatic ring is 1. The van der Waals surface area contributed by atoms with Gasteiger partial charge in [-0.15, -0.1) is 0 Å². The van der Waals surface area contributed by atoms with Crippen LogP contribution in [0.5, 0.6) is 0 Å². The smallest absolute Gasteiger partial charge is 0.238 e. The fourth-order valence-electron chi connectivity index (χ4n) is 2.27. The topological polar surface area (TPSA) is 67.6 Å². The highest BCUT2D eigenvalue weighted by atomic mass is 35.5. The van der Waals surface area contributed by atoms with Crippen LogP contribution < -0.4 is 11.1 Å². The molecule has 0 bridgehead atoms. The number of anilines is 2. The Hall–Kier alpha value is -1.30. The number of rotatable bonds is 3. The maximum Gasteiger partial charge on any atom is 0.238 e. The van der Waals surface area contributed by atoms with Crippen LogP contribution in [0.15, 0.2) is 18.2 Å². The highest BCUT2D eigenvalue weighted by Gasteiger charge is 2.28. The zero-order valence-electron chi connectivity index (χ0n) is 11.8. The summed E-state index contributed by atoms with van der Waals surface area (Å²) in [5.74, 6) is -0.0653. The Labute approximate surface area is 124 Å². The van der Waals surface area contributed by atoms with E-state index in [-0.39, 0.29) is 11.5 Å². The van der Waals surface area contributed by atoms with Crippen molar-refractivity contribution in [3.63, 3.8) is 0 Å². The van der Waals surface area contributed by atoms with Crippen molar-refractivity contribution in [3.05, 3.63) is 23.2 Å². The Morgan fingerprint density at radius 1 is 1.55 bits per heavy atom. The lowest BCUT2D eigenvalue weighted by Gasteiger charge is -2.37. The van der Waals surface area contributed by atoms with Gasteiger partial charge in [0.2, 0.25) is 5.91 Å². The summed E-state index contributed by atoms with van der Waals surface area (Å²) >= 11 is 5.84. The normalized spacial score (nSPS) is 18.8. The molecule has 3 N–H and O–H groups in total. The van der Waals surface area contributed by atoms with E-state index in [9.17, 15) is 4.79 Å². The van der Waals surface area contributed by atoms with Crippen molar-refractivity contribution in [3.8, 4) is 0 Å². The SMILES string of the molecule is CC1(C)CN(CC(=O)Nc2ccc(Cl)c(N)c2)CCO1. The molecule has 1 aromatic rings. The Kier molecular flexibility index (Phi) is 4.52. The number of hydrogen-bond acceptors (Lipinski definition) is 4. The number of nitrogens with two attached hydrogens (primary N) is 1. The number of amides is 1. The summed E-state index contributed by atoms with van der Waals surface area (Å²) in [6.07, 6.45) is 0. The minimum absolute atomic E-state index is 0.0653. The maximum absolute atomic E-state index is 12.0. The van der Waals surface area contributed by atoms with Gasteiger partial charge in [0.15, 0.2) is 0 Å². The molecule has 0 saturated carbocycles. The van der Waals surface area contributed by atoms with E-state index in [1.54, 1.807) is 18.2 Å². The van der Waals surface area contributed by atoms with Crippen molar-refractivity contribution >= 4 is 28.9 Å². The Bertz CT molecular complexity index is 505. The van der Waals surface area contributed by atoms with Crippen molar-refractivity contribution < 1.29 is 9.53 Å². The number of nitrogens with zero attached hydrogens (tertiary/aromatic N) is 1. The maximum atomic E-state index is 12.0. The van der Waals surface area contributed by atoms with Crippen LogP contribution in [0.1, 0.15) is 13.8 Å². The summed E-state index contributed by atoms with van der Waals surface area (Å²) < 4.78 is 5.62. The highest BCUT2D eigenvalue weighted by molar-refractivity contribution is 6.33. The molecule has 0 aromatic heterocycles. The van der Waals surface area contributed by atoms with Crippen LogP contribution in [-0.4, -0.2) is 42.6 Å². The predicted octanol–water partition coefficient (Wildman–Crippen LogP) is 1.97. The summed E-state index contributed by atoms with van der Waals surface area (Å²) in [4.78, 5) is 14.1. The van der Waals surface area contributed by atoms with Crippen LogP contribution in [0.2, 0.25) is 5.02 Å². The molecule has 20 heavy (non-hydrogen) atoms. The second kappa shape index (κ2) is 5.99. The van der Waals surface area contributed by atoms with Gasteiger partial charge in [0.05, 0.1) is 29.5 Å². The quantitative estimate of drug-likeness (QED) is 0.837. The molecule has 110 valence electrons. The number of nitrogens with one attached hydrogen (secondary N) is 1. The van der Waals surface area contributed by atoms with Crippen molar-refractivity contribution in [1.29, 1.82) is 0 Å². The van der Waals surface area contributed by atoms with E-state index in [4.69, 9.17) is 22.1 Å². The van der Waals surface area contributed by atoms with E-state index >= 15 is 0 Å². The minimum Gasteiger partial charge on any atom is -0.397 e. The molecule has 6 heteroatoms. The molecule has 1 amide bonds. The number of benzene rings is 1. The van der Waals surface area contributed by atoms with Gasteiger partial charge in [-0.2, -0.15) is 0 Å². The van der Waals surface area contributed by atoms with Crippen molar-refractivity contribution in [2.75, 3.05) is 37.3 Å². The molecule has 1 aromatic carbocycles. The van der Waals surface area contributed by atoms with Gasteiger partial charge in [-0.3, -0.25) is 9.69 Å². The largest absolute Gasteiger partial charge is 0.397 e. The Morgan fingerprint density at radius 2 is 2.30 bits per heavy atom. The lowest BCUT2D eigenvalue weighted by atomic mass is 10.1. The third kappa shape index (κ3) is 4.10. The average molecular weight is 298 g/mol. The van der Waals surface area contributed by atoms with Gasteiger partial charge in [-0.1, -0.05) is 11.6 Å². The van der Waals surface area contributed by atoms with Crippen LogP contribution in [0, 0.1) is 0 Å². The number of carbonyl (C=O) groups is 1. The van der Waals surface area contributed by atoms with Crippen molar-refractivity contribution in [2.45, 2.75) is 19.4 Å². The first-order chi connectivity index (χ1) is 9.35. The Morgan fingerprint density at radius 3 is 2.95 bits per heavy atom. The first kappa shape index (κ1) is 15.1. The molecule has 1 heterocycles. The fourth-order valence-corrected chi connectivity index (χ4v) is 2.39. The third-order valence-electron chi connectivity index (χ3n) is 3.15. The zero-order valence-corrected chi connectivity index (χ0v) is 12.5. The van der Waals surface area contributed by atoms with Gasteiger partial charge in [0, 0.05) is 18.8 Å². The zero-order chi connectivity index (χ0) is 14.8. The van der Waals surface area contributed by atoms with Crippen LogP contribution >= 0.6 is 11.6 Å². The minimum atomic E-state index is -0.205. The third-order valence-corrected chi connectivity index (χ3v) is 3.50. The summed E-state index contributed by atoms with van der Waals surface area (Å²) in [6, 6.07) is 5.06. The number of carbonyl (C=O) groups excluding carboxylic acids is 1. The fraction of sp³-hybridized carbons (Fsp3) is 0.500. The number of hydrogen-bond donors (Lipinski definition) is 2. The van der Waals surface area contributed by atoms with E-state index in [1.807, 2.05) is 13.8 Å². The molecule has 1 fully saturated rings. The molecule has 0 radical (unpaired) electrons. The van der Waals surface area contributed by atoms with Gasteiger partial charge >= 0.3 is 0 Å². The average Bonchev–Trinajstić information content (AvgIpc) is 2.32. The molecular formula is C14H20ClN3O2. The van der Waals surface area contributed by atoms with Gasteiger partial charge in [0.1, 0.15) is 0 Å². The standard InChI is InChI=1S/C14H20ClN3O2/c1-14(2)9-18(5-6-20-14)8-13(19)17-10-3-4-11(15)12(16)7-10/h3-4,7H,5-6,8-9,16H2,1-2H3,(H,17,19). The second-order valence-electron chi connectivity index (χ2n) is 5.60. The Balaban J connectivity index is 1.90. The van der Waals surface area contributed by atoms with Crippen LogP contribution in [0.4, 0.5) is 11.4 Å². The van der Waals surface area contributed by atoms with E-state index < -0.39 is 0 Å². The van der Waals surface area contributed by atoms with E-state index in [0.717, 1.165) is 13.1 Å². The number of ether oxygens (including phenoxy) is 1. The molecule has 5 nitrogen and oxygen atoms in total. The highest BCUT2D eigenvalue weighted by Crippen LogP contribution is 2.22. The van der Waals surface area contributed by atoms with E-state index in [0.29, 0.717) is 29.5 Å². The molecule has 0 spiro atoms. The van der Waals surface area contributed by atoms with Gasteiger partial charge in [0.25, 0.3) is 0 Å². The number of morpholine rings is 1. The van der Waals surface area contributed by atoms with E-state index in [1.165, 1.54) is 0 Å². The first-order valence-corrected chi connectivity index (χ1v) is 6.95. The van der Waals surface area contributed by atoms with Gasteiger partial charge in [-0.25, -0.2) is 0 Å². The molecule has 0 unspecified atom stereocenters. The lowest BCUT2D eigenvalue weighted by Crippen LogP contribution is -2.50. The summed E-state index contributed by atoms with van der Waals surface area (Å²) in [5, 5.41) is 3.31. The van der Waals surface area contributed by atoms with Crippen molar-refractivity contribution in [1.82, 2.24) is 4.90 Å². The molecular weight excluding hydrogens is 278 g/mol.